The first-order valence-corrected chi connectivity index (χ1v) is 5.00. The van der Waals surface area contributed by atoms with Crippen molar-refractivity contribution in [3.05, 3.63) is 23.8 Å². The summed E-state index contributed by atoms with van der Waals surface area (Å²) in [6.45, 7) is 1.16. The van der Waals surface area contributed by atoms with E-state index in [4.69, 9.17) is 5.11 Å². The Morgan fingerprint density at radius 2 is 2.42 bits per heavy atom. The molecule has 0 aliphatic carbocycles. The molecule has 0 aromatic heterocycles. The summed E-state index contributed by atoms with van der Waals surface area (Å²) < 4.78 is 0. The van der Waals surface area contributed by atoms with Gasteiger partial charge in [-0.05, 0) is 11.6 Å². The lowest BCUT2D eigenvalue weighted by molar-refractivity contribution is 0.279. The molecule has 0 saturated heterocycles. The topological polar surface area (TPSA) is 32.3 Å². The van der Waals surface area contributed by atoms with Crippen LogP contribution in [0.3, 0.4) is 0 Å². The van der Waals surface area contributed by atoms with Gasteiger partial charge in [0.2, 0.25) is 0 Å². The predicted octanol–water partition coefficient (Wildman–Crippen LogP) is 1.70. The minimum absolute atomic E-state index is 0.137. The molecule has 2 nitrogen and oxygen atoms in total. The summed E-state index contributed by atoms with van der Waals surface area (Å²) in [6, 6.07) is 6.00. The number of aliphatic hydroxyl groups is 1. The highest BCUT2D eigenvalue weighted by Crippen LogP contribution is 2.33. The molecule has 0 fully saturated rings. The average molecular weight is 181 g/mol. The van der Waals surface area contributed by atoms with Crippen LogP contribution in [0.5, 0.6) is 0 Å². The number of thioether (sulfide) groups is 1. The minimum Gasteiger partial charge on any atom is -0.392 e. The second-order valence-electron chi connectivity index (χ2n) is 2.73. The third-order valence-electron chi connectivity index (χ3n) is 1.93. The minimum atomic E-state index is 0.137. The van der Waals surface area contributed by atoms with E-state index in [0.717, 1.165) is 23.5 Å². The highest BCUT2D eigenvalue weighted by molar-refractivity contribution is 7.99. The van der Waals surface area contributed by atoms with Gasteiger partial charge in [-0.3, -0.25) is 0 Å². The van der Waals surface area contributed by atoms with Gasteiger partial charge < -0.3 is 10.4 Å². The van der Waals surface area contributed by atoms with Crippen LogP contribution in [0.15, 0.2) is 23.1 Å². The van der Waals surface area contributed by atoms with Crippen molar-refractivity contribution in [1.29, 1.82) is 0 Å². The Labute approximate surface area is 76.0 Å². The lowest BCUT2D eigenvalue weighted by Gasteiger charge is -2.19. The van der Waals surface area contributed by atoms with Crippen molar-refractivity contribution >= 4 is 17.4 Å². The molecule has 64 valence electrons. The number of hydrogen-bond acceptors (Lipinski definition) is 3. The maximum atomic E-state index is 9.05. The van der Waals surface area contributed by atoms with E-state index in [9.17, 15) is 0 Å². The van der Waals surface area contributed by atoms with Gasteiger partial charge in [-0.15, -0.1) is 11.8 Å². The second-order valence-corrected chi connectivity index (χ2v) is 3.83. The first-order chi connectivity index (χ1) is 5.92. The van der Waals surface area contributed by atoms with Gasteiger partial charge in [0.25, 0.3) is 0 Å². The first-order valence-electron chi connectivity index (χ1n) is 4.01. The van der Waals surface area contributed by atoms with Crippen molar-refractivity contribution in [2.24, 2.45) is 0 Å². The van der Waals surface area contributed by atoms with Gasteiger partial charge in [0.05, 0.1) is 6.61 Å². The summed E-state index contributed by atoms with van der Waals surface area (Å²) in [4.78, 5) is 1.21. The third kappa shape index (κ3) is 1.30. The van der Waals surface area contributed by atoms with Gasteiger partial charge in [-0.2, -0.15) is 0 Å². The number of anilines is 1. The van der Waals surface area contributed by atoms with Gasteiger partial charge in [0.15, 0.2) is 0 Å². The molecule has 0 radical (unpaired) electrons. The van der Waals surface area contributed by atoms with Crippen LogP contribution in [-0.4, -0.2) is 17.4 Å². The predicted molar refractivity (Wildman–Crippen MR) is 51.6 cm³/mol. The fourth-order valence-electron chi connectivity index (χ4n) is 1.36. The molecule has 3 heteroatoms. The molecular weight excluding hydrogens is 170 g/mol. The lowest BCUT2D eigenvalue weighted by Crippen LogP contribution is -2.11. The summed E-state index contributed by atoms with van der Waals surface area (Å²) in [5, 5.41) is 12.4. The molecule has 1 aromatic carbocycles. The van der Waals surface area contributed by atoms with Crippen LogP contribution < -0.4 is 5.32 Å². The molecule has 1 aliphatic heterocycles. The van der Waals surface area contributed by atoms with Crippen molar-refractivity contribution < 1.29 is 5.11 Å². The largest absolute Gasteiger partial charge is 0.392 e. The summed E-state index contributed by atoms with van der Waals surface area (Å²) in [5.74, 6) is 1.09. The van der Waals surface area contributed by atoms with Gasteiger partial charge in [-0.1, -0.05) is 12.1 Å². The number of hydrogen-bond donors (Lipinski definition) is 2. The lowest BCUT2D eigenvalue weighted by atomic mass is 10.2. The first kappa shape index (κ1) is 7.95. The molecule has 0 amide bonds. The maximum absolute atomic E-state index is 9.05. The van der Waals surface area contributed by atoms with Crippen molar-refractivity contribution in [3.63, 3.8) is 0 Å². The van der Waals surface area contributed by atoms with Crippen LogP contribution in [0.2, 0.25) is 0 Å². The monoisotopic (exact) mass is 181 g/mol. The van der Waals surface area contributed by atoms with Crippen LogP contribution in [0, 0.1) is 0 Å². The number of fused-ring (bicyclic) bond motifs is 1. The quantitative estimate of drug-likeness (QED) is 0.691. The maximum Gasteiger partial charge on any atom is 0.0693 e. The Hall–Kier alpha value is -0.670. The highest BCUT2D eigenvalue weighted by atomic mass is 32.2. The third-order valence-corrected chi connectivity index (χ3v) is 3.11. The Balaban J connectivity index is 2.44. The molecule has 1 aromatic rings. The van der Waals surface area contributed by atoms with Crippen molar-refractivity contribution in [3.8, 4) is 0 Å². The summed E-state index contributed by atoms with van der Waals surface area (Å²) in [7, 11) is 0. The van der Waals surface area contributed by atoms with Gasteiger partial charge in [0.1, 0.15) is 0 Å². The van der Waals surface area contributed by atoms with E-state index < -0.39 is 0 Å². The van der Waals surface area contributed by atoms with Crippen molar-refractivity contribution in [2.75, 3.05) is 17.6 Å². The molecule has 2 rings (SSSR count). The molecule has 1 aliphatic rings. The van der Waals surface area contributed by atoms with Crippen LogP contribution in [-0.2, 0) is 6.61 Å². The van der Waals surface area contributed by atoms with Gasteiger partial charge in [0, 0.05) is 22.9 Å². The standard InChI is InChI=1S/C9H11NOS/c11-6-7-2-1-3-8-9(7)12-5-4-10-8/h1-3,10-11H,4-6H2. The summed E-state index contributed by atoms with van der Waals surface area (Å²) in [5.41, 5.74) is 2.20. The Kier molecular flexibility index (Phi) is 2.23. The van der Waals surface area contributed by atoms with E-state index >= 15 is 0 Å². The fraction of sp³-hybridized carbons (Fsp3) is 0.333. The number of benzene rings is 1. The Morgan fingerprint density at radius 1 is 1.50 bits per heavy atom. The number of aliphatic hydroxyl groups excluding tert-OH is 1. The smallest absolute Gasteiger partial charge is 0.0693 e. The van der Waals surface area contributed by atoms with E-state index in [1.807, 2.05) is 23.9 Å². The molecule has 0 unspecified atom stereocenters. The van der Waals surface area contributed by atoms with Gasteiger partial charge >= 0.3 is 0 Å². The zero-order chi connectivity index (χ0) is 8.39. The van der Waals surface area contributed by atoms with Crippen LogP contribution in [0.1, 0.15) is 5.56 Å². The highest BCUT2D eigenvalue weighted by Gasteiger charge is 2.11. The van der Waals surface area contributed by atoms with Crippen molar-refractivity contribution in [2.45, 2.75) is 11.5 Å². The molecule has 0 bridgehead atoms. The number of nitrogens with one attached hydrogen (secondary N) is 1. The molecule has 0 saturated carbocycles. The van der Waals surface area contributed by atoms with E-state index in [1.165, 1.54) is 4.90 Å². The van der Waals surface area contributed by atoms with E-state index in [-0.39, 0.29) is 6.61 Å². The molecular formula is C9H11NOS. The van der Waals surface area contributed by atoms with Crippen LogP contribution in [0.25, 0.3) is 0 Å². The van der Waals surface area contributed by atoms with Crippen LogP contribution in [0.4, 0.5) is 5.69 Å². The van der Waals surface area contributed by atoms with Gasteiger partial charge in [-0.25, -0.2) is 0 Å². The SMILES string of the molecule is OCc1cccc2c1SCCN2. The van der Waals surface area contributed by atoms with E-state index in [0.29, 0.717) is 0 Å². The summed E-state index contributed by atoms with van der Waals surface area (Å²) in [6.07, 6.45) is 0. The van der Waals surface area contributed by atoms with E-state index in [2.05, 4.69) is 11.4 Å². The molecule has 0 spiro atoms. The molecule has 1 heterocycles. The summed E-state index contributed by atoms with van der Waals surface area (Å²) >= 11 is 1.82. The van der Waals surface area contributed by atoms with E-state index in [1.54, 1.807) is 0 Å². The normalized spacial score (nSPS) is 15.1. The zero-order valence-electron chi connectivity index (χ0n) is 6.71. The molecule has 0 atom stereocenters. The Morgan fingerprint density at radius 3 is 3.25 bits per heavy atom. The number of rotatable bonds is 1. The van der Waals surface area contributed by atoms with Crippen LogP contribution >= 0.6 is 11.8 Å². The zero-order valence-corrected chi connectivity index (χ0v) is 7.53. The fourth-order valence-corrected chi connectivity index (χ4v) is 2.38. The Bertz CT molecular complexity index is 274. The molecule has 2 N–H and O–H groups in total. The molecule has 12 heavy (non-hydrogen) atoms. The van der Waals surface area contributed by atoms with Crippen molar-refractivity contribution in [1.82, 2.24) is 0 Å². The average Bonchev–Trinajstić information content (AvgIpc) is 2.17. The second kappa shape index (κ2) is 3.37.